The number of ether oxygens (including phenoxy) is 1. The molecule has 1 fully saturated rings. The molecule has 2 nitrogen and oxygen atoms in total. The molecule has 1 aliphatic heterocycles. The van der Waals surface area contributed by atoms with Crippen molar-refractivity contribution in [1.29, 1.82) is 0 Å². The molecule has 3 rings (SSSR count). The van der Waals surface area contributed by atoms with Gasteiger partial charge in [0.15, 0.2) is 0 Å². The molecule has 104 valence electrons. The van der Waals surface area contributed by atoms with E-state index in [2.05, 4.69) is 29.6 Å². The maximum Gasteiger partial charge on any atom is 0.127 e. The fourth-order valence-electron chi connectivity index (χ4n) is 2.71. The molecule has 0 bridgehead atoms. The molecule has 0 radical (unpaired) electrons. The van der Waals surface area contributed by atoms with E-state index in [0.717, 1.165) is 18.0 Å². The lowest BCUT2D eigenvalue weighted by molar-refractivity contribution is 0.481. The molecule has 20 heavy (non-hydrogen) atoms. The fourth-order valence-corrected chi connectivity index (χ4v) is 2.71. The second-order valence-corrected chi connectivity index (χ2v) is 5.34. The van der Waals surface area contributed by atoms with E-state index in [0.29, 0.717) is 6.04 Å². The zero-order valence-electron chi connectivity index (χ0n) is 11.7. The number of nitrogens with one attached hydrogen (secondary N) is 1. The minimum atomic E-state index is 0.503. The highest BCUT2D eigenvalue weighted by molar-refractivity contribution is 5.34. The first-order valence-corrected chi connectivity index (χ1v) is 7.48. The standard InChI is InChI=1S/C18H21NO/c1-3-7-16(8-4-1)20-17-12-10-15(11-13-17)18-9-5-2-6-14-19-18/h1,3-4,7-8,10-13,18-19H,2,5-6,9,14H2. The molecule has 2 aromatic carbocycles. The average Bonchev–Trinajstić information content (AvgIpc) is 2.78. The SMILES string of the molecule is c1ccc(Oc2ccc(C3CCCCCN3)cc2)cc1. The maximum absolute atomic E-state index is 5.82. The summed E-state index contributed by atoms with van der Waals surface area (Å²) in [6.45, 7) is 1.13. The molecule has 1 atom stereocenters. The Hall–Kier alpha value is -1.80. The van der Waals surface area contributed by atoms with Crippen LogP contribution in [0.1, 0.15) is 37.3 Å². The number of rotatable bonds is 3. The van der Waals surface area contributed by atoms with Gasteiger partial charge in [-0.3, -0.25) is 0 Å². The smallest absolute Gasteiger partial charge is 0.127 e. The Morgan fingerprint density at radius 2 is 1.55 bits per heavy atom. The van der Waals surface area contributed by atoms with Crippen molar-refractivity contribution in [2.24, 2.45) is 0 Å². The summed E-state index contributed by atoms with van der Waals surface area (Å²) >= 11 is 0. The van der Waals surface area contributed by atoms with Crippen molar-refractivity contribution in [3.05, 3.63) is 60.2 Å². The molecule has 0 aromatic heterocycles. The first kappa shape index (κ1) is 13.2. The van der Waals surface area contributed by atoms with Gasteiger partial charge in [0.2, 0.25) is 0 Å². The Bertz CT molecular complexity index is 513. The number of benzene rings is 2. The van der Waals surface area contributed by atoms with Crippen molar-refractivity contribution < 1.29 is 4.74 Å². The van der Waals surface area contributed by atoms with Crippen molar-refractivity contribution >= 4 is 0 Å². The van der Waals surface area contributed by atoms with Gasteiger partial charge in [0.1, 0.15) is 11.5 Å². The summed E-state index contributed by atoms with van der Waals surface area (Å²) in [5, 5.41) is 3.63. The van der Waals surface area contributed by atoms with E-state index >= 15 is 0 Å². The molecular formula is C18H21NO. The predicted molar refractivity (Wildman–Crippen MR) is 82.2 cm³/mol. The molecule has 1 aliphatic rings. The summed E-state index contributed by atoms with van der Waals surface area (Å²) < 4.78 is 5.82. The van der Waals surface area contributed by atoms with Gasteiger partial charge >= 0.3 is 0 Å². The van der Waals surface area contributed by atoms with E-state index in [1.807, 2.05) is 30.3 Å². The topological polar surface area (TPSA) is 21.3 Å². The van der Waals surface area contributed by atoms with E-state index in [-0.39, 0.29) is 0 Å². The predicted octanol–water partition coefficient (Wildman–Crippen LogP) is 4.68. The van der Waals surface area contributed by atoms with Gasteiger partial charge in [-0.15, -0.1) is 0 Å². The Balaban J connectivity index is 1.67. The van der Waals surface area contributed by atoms with Gasteiger partial charge in [0.05, 0.1) is 0 Å². The minimum Gasteiger partial charge on any atom is -0.457 e. The molecule has 1 saturated heterocycles. The third-order valence-corrected chi connectivity index (χ3v) is 3.82. The van der Waals surface area contributed by atoms with Crippen LogP contribution in [-0.4, -0.2) is 6.54 Å². The highest BCUT2D eigenvalue weighted by Crippen LogP contribution is 2.26. The molecule has 1 heterocycles. The zero-order chi connectivity index (χ0) is 13.6. The Morgan fingerprint density at radius 1 is 0.800 bits per heavy atom. The first-order valence-electron chi connectivity index (χ1n) is 7.48. The van der Waals surface area contributed by atoms with Crippen molar-refractivity contribution in [2.45, 2.75) is 31.7 Å². The molecule has 2 heteroatoms. The van der Waals surface area contributed by atoms with Crippen molar-refractivity contribution in [1.82, 2.24) is 5.32 Å². The summed E-state index contributed by atoms with van der Waals surface area (Å²) in [6.07, 6.45) is 5.20. The molecule has 0 spiro atoms. The molecule has 0 amide bonds. The summed E-state index contributed by atoms with van der Waals surface area (Å²) in [7, 11) is 0. The van der Waals surface area contributed by atoms with Crippen LogP contribution < -0.4 is 10.1 Å². The van der Waals surface area contributed by atoms with E-state index < -0.39 is 0 Å². The van der Waals surface area contributed by atoms with Crippen LogP contribution in [0.4, 0.5) is 0 Å². The van der Waals surface area contributed by atoms with Crippen LogP contribution in [0.3, 0.4) is 0 Å². The third-order valence-electron chi connectivity index (χ3n) is 3.82. The van der Waals surface area contributed by atoms with Gasteiger partial charge in [-0.25, -0.2) is 0 Å². The van der Waals surface area contributed by atoms with Crippen LogP contribution in [0, 0.1) is 0 Å². The molecule has 0 saturated carbocycles. The van der Waals surface area contributed by atoms with Crippen LogP contribution in [0.2, 0.25) is 0 Å². The molecule has 0 aliphatic carbocycles. The highest BCUT2D eigenvalue weighted by atomic mass is 16.5. The van der Waals surface area contributed by atoms with Crippen LogP contribution >= 0.6 is 0 Å². The largest absolute Gasteiger partial charge is 0.457 e. The molecule has 1 N–H and O–H groups in total. The normalized spacial score (nSPS) is 19.3. The van der Waals surface area contributed by atoms with E-state index in [9.17, 15) is 0 Å². The van der Waals surface area contributed by atoms with Crippen molar-refractivity contribution in [2.75, 3.05) is 6.54 Å². The molecular weight excluding hydrogens is 246 g/mol. The van der Waals surface area contributed by atoms with Crippen molar-refractivity contribution in [3.63, 3.8) is 0 Å². The average molecular weight is 267 g/mol. The summed E-state index contributed by atoms with van der Waals surface area (Å²) in [6, 6.07) is 18.9. The summed E-state index contributed by atoms with van der Waals surface area (Å²) in [5.74, 6) is 1.78. The van der Waals surface area contributed by atoms with Crippen LogP contribution in [0.15, 0.2) is 54.6 Å². The first-order chi connectivity index (χ1) is 9.92. The van der Waals surface area contributed by atoms with E-state index in [4.69, 9.17) is 4.74 Å². The van der Waals surface area contributed by atoms with Crippen molar-refractivity contribution in [3.8, 4) is 11.5 Å². The quantitative estimate of drug-likeness (QED) is 0.871. The monoisotopic (exact) mass is 267 g/mol. The second-order valence-electron chi connectivity index (χ2n) is 5.34. The fraction of sp³-hybridized carbons (Fsp3) is 0.333. The van der Waals surface area contributed by atoms with E-state index in [1.165, 1.54) is 31.2 Å². The summed E-state index contributed by atoms with van der Waals surface area (Å²) in [4.78, 5) is 0. The Kier molecular flexibility index (Phi) is 4.34. The highest BCUT2D eigenvalue weighted by Gasteiger charge is 2.13. The van der Waals surface area contributed by atoms with Crippen LogP contribution in [0.25, 0.3) is 0 Å². The Morgan fingerprint density at radius 3 is 2.35 bits per heavy atom. The van der Waals surface area contributed by atoms with Gasteiger partial charge in [-0.1, -0.05) is 43.2 Å². The van der Waals surface area contributed by atoms with Crippen LogP contribution in [-0.2, 0) is 0 Å². The van der Waals surface area contributed by atoms with Crippen LogP contribution in [0.5, 0.6) is 11.5 Å². The number of para-hydroxylation sites is 1. The minimum absolute atomic E-state index is 0.503. The van der Waals surface area contributed by atoms with Gasteiger partial charge in [0.25, 0.3) is 0 Å². The summed E-state index contributed by atoms with van der Waals surface area (Å²) in [5.41, 5.74) is 1.37. The lowest BCUT2D eigenvalue weighted by Crippen LogP contribution is -2.20. The van der Waals surface area contributed by atoms with Gasteiger partial charge < -0.3 is 10.1 Å². The zero-order valence-corrected chi connectivity index (χ0v) is 11.7. The molecule has 2 aromatic rings. The lowest BCUT2D eigenvalue weighted by atomic mass is 10.0. The second kappa shape index (κ2) is 6.58. The van der Waals surface area contributed by atoms with E-state index in [1.54, 1.807) is 0 Å². The number of hydrogen-bond acceptors (Lipinski definition) is 2. The van der Waals surface area contributed by atoms with Gasteiger partial charge in [0, 0.05) is 6.04 Å². The van der Waals surface area contributed by atoms with Gasteiger partial charge in [-0.2, -0.15) is 0 Å². The third kappa shape index (κ3) is 3.40. The number of hydrogen-bond donors (Lipinski definition) is 1. The maximum atomic E-state index is 5.82. The van der Waals surface area contributed by atoms with Gasteiger partial charge in [-0.05, 0) is 49.2 Å². The molecule has 1 unspecified atom stereocenters. The Labute approximate surface area is 120 Å². The lowest BCUT2D eigenvalue weighted by Gasteiger charge is -2.16.